The van der Waals surface area contributed by atoms with Crippen LogP contribution in [0.1, 0.15) is 38.3 Å². The molecule has 0 unspecified atom stereocenters. The molecule has 2 heterocycles. The van der Waals surface area contributed by atoms with Crippen molar-refractivity contribution in [1.29, 1.82) is 0 Å². The van der Waals surface area contributed by atoms with Crippen LogP contribution >= 0.6 is 0 Å². The van der Waals surface area contributed by atoms with Crippen molar-refractivity contribution in [3.05, 3.63) is 23.8 Å². The quantitative estimate of drug-likeness (QED) is 0.725. The lowest BCUT2D eigenvalue weighted by molar-refractivity contribution is -0.127. The van der Waals surface area contributed by atoms with Gasteiger partial charge in [-0.15, -0.1) is 10.2 Å². The zero-order valence-corrected chi connectivity index (χ0v) is 10.6. The van der Waals surface area contributed by atoms with Gasteiger partial charge < -0.3 is 9.47 Å². The second-order valence-corrected chi connectivity index (χ2v) is 4.54. The first-order valence-electron chi connectivity index (χ1n) is 5.97. The molecule has 0 N–H and O–H groups in total. The Balaban J connectivity index is 2.18. The predicted molar refractivity (Wildman–Crippen MR) is 64.3 cm³/mol. The minimum absolute atomic E-state index is 0.0489. The molecule has 17 heavy (non-hydrogen) atoms. The normalized spacial score (nSPS) is 15.6. The Bertz CT molecular complexity index is 447. The van der Waals surface area contributed by atoms with Gasteiger partial charge in [0, 0.05) is 19.0 Å². The fourth-order valence-electron chi connectivity index (χ4n) is 2.04. The first kappa shape index (κ1) is 11.8. The summed E-state index contributed by atoms with van der Waals surface area (Å²) < 4.78 is 2.13. The van der Waals surface area contributed by atoms with E-state index in [2.05, 4.69) is 28.6 Å². The number of amides is 1. The number of carbonyl (C=O) groups is 1. The van der Waals surface area contributed by atoms with E-state index in [0.29, 0.717) is 12.5 Å². The topological polar surface area (TPSA) is 51.0 Å². The molecule has 0 bridgehead atoms. The summed E-state index contributed by atoms with van der Waals surface area (Å²) in [5.74, 6) is 2.32. The molecule has 92 valence electrons. The maximum absolute atomic E-state index is 11.7. The molecule has 0 aliphatic carbocycles. The summed E-state index contributed by atoms with van der Waals surface area (Å²) in [6.07, 6.45) is 3.36. The Morgan fingerprint density at radius 2 is 2.12 bits per heavy atom. The lowest BCUT2D eigenvalue weighted by atomic mass is 10.2. The van der Waals surface area contributed by atoms with E-state index in [4.69, 9.17) is 0 Å². The number of rotatable bonds is 2. The molecular weight excluding hydrogens is 216 g/mol. The van der Waals surface area contributed by atoms with Gasteiger partial charge >= 0.3 is 0 Å². The largest absolute Gasteiger partial charge is 0.330 e. The second kappa shape index (κ2) is 4.69. The third-order valence-electron chi connectivity index (χ3n) is 2.92. The molecule has 1 aromatic rings. The third kappa shape index (κ3) is 2.23. The van der Waals surface area contributed by atoms with Gasteiger partial charge in [-0.25, -0.2) is 0 Å². The summed E-state index contributed by atoms with van der Waals surface area (Å²) in [7, 11) is 0. The Morgan fingerprint density at radius 3 is 2.76 bits per heavy atom. The molecule has 5 nitrogen and oxygen atoms in total. The Labute approximate surface area is 101 Å². The number of nitrogens with zero attached hydrogens (tertiary/aromatic N) is 4. The van der Waals surface area contributed by atoms with Gasteiger partial charge in [0.25, 0.3) is 0 Å². The molecule has 1 aromatic heterocycles. The summed E-state index contributed by atoms with van der Waals surface area (Å²) in [5, 5.41) is 8.36. The molecule has 1 aliphatic rings. The number of allylic oxidation sites excluding steroid dienone is 1. The van der Waals surface area contributed by atoms with Crippen molar-refractivity contribution in [3.63, 3.8) is 0 Å². The van der Waals surface area contributed by atoms with Gasteiger partial charge in [-0.3, -0.25) is 4.79 Å². The zero-order valence-electron chi connectivity index (χ0n) is 10.6. The van der Waals surface area contributed by atoms with Crippen LogP contribution in [0.2, 0.25) is 0 Å². The van der Waals surface area contributed by atoms with E-state index in [9.17, 15) is 4.79 Å². The molecule has 0 spiro atoms. The van der Waals surface area contributed by atoms with Crippen LogP contribution in [0.3, 0.4) is 0 Å². The van der Waals surface area contributed by atoms with Crippen molar-refractivity contribution >= 4 is 5.91 Å². The van der Waals surface area contributed by atoms with E-state index >= 15 is 0 Å². The van der Waals surface area contributed by atoms with Crippen LogP contribution < -0.4 is 0 Å². The number of aromatic nitrogens is 3. The molecule has 1 amide bonds. The van der Waals surface area contributed by atoms with Crippen LogP contribution in [0.4, 0.5) is 0 Å². The van der Waals surface area contributed by atoms with Crippen LogP contribution in [0.15, 0.2) is 12.2 Å². The lowest BCUT2D eigenvalue weighted by Crippen LogP contribution is -2.38. The average molecular weight is 234 g/mol. The van der Waals surface area contributed by atoms with Crippen molar-refractivity contribution in [3.8, 4) is 0 Å². The van der Waals surface area contributed by atoms with E-state index < -0.39 is 0 Å². The molecule has 5 heteroatoms. The van der Waals surface area contributed by atoms with Crippen LogP contribution in [-0.2, 0) is 17.9 Å². The van der Waals surface area contributed by atoms with Crippen LogP contribution in [-0.4, -0.2) is 32.1 Å². The summed E-state index contributed by atoms with van der Waals surface area (Å²) in [5.41, 5.74) is 0. The van der Waals surface area contributed by atoms with E-state index in [0.717, 1.165) is 24.7 Å². The van der Waals surface area contributed by atoms with E-state index in [1.807, 2.05) is 6.92 Å². The Hall–Kier alpha value is -1.65. The maximum atomic E-state index is 11.7. The van der Waals surface area contributed by atoms with Gasteiger partial charge in [0.1, 0.15) is 5.82 Å². The Morgan fingerprint density at radius 1 is 1.35 bits per heavy atom. The van der Waals surface area contributed by atoms with Crippen LogP contribution in [0, 0.1) is 0 Å². The van der Waals surface area contributed by atoms with Gasteiger partial charge in [0.05, 0.1) is 6.54 Å². The molecule has 0 radical (unpaired) electrons. The number of hydrogen-bond acceptors (Lipinski definition) is 3. The van der Waals surface area contributed by atoms with Gasteiger partial charge in [0.15, 0.2) is 5.82 Å². The van der Waals surface area contributed by atoms with Gasteiger partial charge in [0.2, 0.25) is 5.91 Å². The van der Waals surface area contributed by atoms with Crippen molar-refractivity contribution in [2.24, 2.45) is 0 Å². The molecule has 0 aromatic carbocycles. The molecule has 0 fully saturated rings. The summed E-state index contributed by atoms with van der Waals surface area (Å²) >= 11 is 0. The average Bonchev–Trinajstić information content (AvgIpc) is 2.71. The number of hydrogen-bond donors (Lipinski definition) is 0. The fourth-order valence-corrected chi connectivity index (χ4v) is 2.04. The van der Waals surface area contributed by atoms with E-state index in [-0.39, 0.29) is 5.91 Å². The smallest absolute Gasteiger partial charge is 0.246 e. The highest BCUT2D eigenvalue weighted by Gasteiger charge is 2.23. The van der Waals surface area contributed by atoms with Gasteiger partial charge in [-0.2, -0.15) is 0 Å². The minimum Gasteiger partial charge on any atom is -0.330 e. The summed E-state index contributed by atoms with van der Waals surface area (Å²) in [4.78, 5) is 13.5. The second-order valence-electron chi connectivity index (χ2n) is 4.54. The molecule has 2 rings (SSSR count). The van der Waals surface area contributed by atoms with Crippen molar-refractivity contribution < 1.29 is 4.79 Å². The van der Waals surface area contributed by atoms with E-state index in [1.54, 1.807) is 17.1 Å². The molecule has 0 saturated heterocycles. The van der Waals surface area contributed by atoms with Gasteiger partial charge in [-0.1, -0.05) is 19.9 Å². The highest BCUT2D eigenvalue weighted by atomic mass is 16.2. The van der Waals surface area contributed by atoms with Crippen LogP contribution in [0.25, 0.3) is 0 Å². The number of carbonyl (C=O) groups excluding carboxylic acids is 1. The van der Waals surface area contributed by atoms with Crippen molar-refractivity contribution in [1.82, 2.24) is 19.7 Å². The molecule has 0 atom stereocenters. The summed E-state index contributed by atoms with van der Waals surface area (Å²) in [6, 6.07) is 0. The standard InChI is InChI=1S/C12H18N4O/c1-4-5-11(17)15-6-7-16-10(8-15)13-14-12(16)9(2)3/h4-5,9H,6-8H2,1-3H3. The van der Waals surface area contributed by atoms with E-state index in [1.165, 1.54) is 0 Å². The highest BCUT2D eigenvalue weighted by Crippen LogP contribution is 2.18. The SMILES string of the molecule is CC=CC(=O)N1CCn2c(nnc2C(C)C)C1. The van der Waals surface area contributed by atoms with Crippen molar-refractivity contribution in [2.75, 3.05) is 6.54 Å². The third-order valence-corrected chi connectivity index (χ3v) is 2.92. The minimum atomic E-state index is 0.0489. The lowest BCUT2D eigenvalue weighted by Gasteiger charge is -2.27. The molecule has 0 saturated carbocycles. The maximum Gasteiger partial charge on any atom is 0.246 e. The zero-order chi connectivity index (χ0) is 12.4. The summed E-state index contributed by atoms with van der Waals surface area (Å²) in [6.45, 7) is 8.14. The Kier molecular flexibility index (Phi) is 3.26. The first-order chi connectivity index (χ1) is 8.13. The monoisotopic (exact) mass is 234 g/mol. The first-order valence-corrected chi connectivity index (χ1v) is 5.97. The molecule has 1 aliphatic heterocycles. The predicted octanol–water partition coefficient (Wildman–Crippen LogP) is 1.32. The molecular formula is C12H18N4O. The highest BCUT2D eigenvalue weighted by molar-refractivity contribution is 5.87. The van der Waals surface area contributed by atoms with Gasteiger partial charge in [-0.05, 0) is 13.0 Å². The fraction of sp³-hybridized carbons (Fsp3) is 0.583. The number of fused-ring (bicyclic) bond motifs is 1. The van der Waals surface area contributed by atoms with Crippen molar-refractivity contribution in [2.45, 2.75) is 39.8 Å². The van der Waals surface area contributed by atoms with Crippen LogP contribution in [0.5, 0.6) is 0 Å².